The number of aryl methyl sites for hydroxylation is 1. The summed E-state index contributed by atoms with van der Waals surface area (Å²) in [4.78, 5) is 14.0. The highest BCUT2D eigenvalue weighted by molar-refractivity contribution is 14.1. The van der Waals surface area contributed by atoms with Crippen molar-refractivity contribution in [2.45, 2.75) is 13.5 Å². The Morgan fingerprint density at radius 2 is 2.21 bits per heavy atom. The lowest BCUT2D eigenvalue weighted by Crippen LogP contribution is -2.26. The Hall–Kier alpha value is -0.890. The first-order valence-corrected chi connectivity index (χ1v) is 7.47. The van der Waals surface area contributed by atoms with Gasteiger partial charge >= 0.3 is 0 Å². The largest absolute Gasteiger partial charge is 0.361 e. The predicted molar refractivity (Wildman–Crippen MR) is 83.9 cm³/mol. The average molecular weight is 435 g/mol. The summed E-state index contributed by atoms with van der Waals surface area (Å²) >= 11 is 5.59. The third-order valence-corrected chi connectivity index (χ3v) is 3.94. The summed E-state index contributed by atoms with van der Waals surface area (Å²) in [5.74, 6) is 0.692. The molecule has 2 rings (SSSR count). The number of hydrogen-bond acceptors (Lipinski definition) is 3. The van der Waals surface area contributed by atoms with Crippen molar-refractivity contribution >= 4 is 44.4 Å². The predicted octanol–water partition coefficient (Wildman–Crippen LogP) is 3.62. The number of hydrogen-bond donors (Lipinski definition) is 0. The van der Waals surface area contributed by atoms with Crippen molar-refractivity contribution in [3.8, 4) is 0 Å². The second-order valence-electron chi connectivity index (χ2n) is 4.21. The zero-order valence-electron chi connectivity index (χ0n) is 10.5. The highest BCUT2D eigenvalue weighted by Gasteiger charge is 2.16. The van der Waals surface area contributed by atoms with Crippen LogP contribution in [0.3, 0.4) is 0 Å². The van der Waals surface area contributed by atoms with E-state index in [0.29, 0.717) is 12.1 Å². The van der Waals surface area contributed by atoms with E-state index in [0.717, 1.165) is 19.5 Å². The van der Waals surface area contributed by atoms with Crippen LogP contribution >= 0.6 is 38.5 Å². The molecular weight excluding hydrogens is 423 g/mol. The van der Waals surface area contributed by atoms with E-state index in [1.165, 1.54) is 0 Å². The number of rotatable bonds is 3. The fraction of sp³-hybridized carbons (Fsp3) is 0.231. The zero-order valence-corrected chi connectivity index (χ0v) is 14.2. The molecule has 1 heterocycles. The van der Waals surface area contributed by atoms with Crippen LogP contribution in [-0.2, 0) is 6.54 Å². The molecule has 0 aliphatic carbocycles. The van der Waals surface area contributed by atoms with Crippen LogP contribution < -0.4 is 0 Å². The van der Waals surface area contributed by atoms with Gasteiger partial charge in [-0.2, -0.15) is 0 Å². The normalized spacial score (nSPS) is 10.5. The number of carbonyl (C=O) groups is 1. The third-order valence-electron chi connectivity index (χ3n) is 2.58. The second kappa shape index (κ2) is 6.04. The molecule has 0 atom stereocenters. The zero-order chi connectivity index (χ0) is 14.0. The van der Waals surface area contributed by atoms with E-state index in [-0.39, 0.29) is 5.91 Å². The van der Waals surface area contributed by atoms with Gasteiger partial charge < -0.3 is 9.42 Å². The van der Waals surface area contributed by atoms with E-state index < -0.39 is 0 Å². The van der Waals surface area contributed by atoms with Gasteiger partial charge in [-0.05, 0) is 63.6 Å². The van der Waals surface area contributed by atoms with Gasteiger partial charge in [0.2, 0.25) is 0 Å². The first-order valence-electron chi connectivity index (χ1n) is 5.60. The van der Waals surface area contributed by atoms with E-state index in [1.807, 2.05) is 31.2 Å². The summed E-state index contributed by atoms with van der Waals surface area (Å²) in [6.45, 7) is 2.25. The molecule has 0 spiro atoms. The molecule has 0 fully saturated rings. The Bertz CT molecular complexity index is 612. The van der Waals surface area contributed by atoms with Crippen LogP contribution in [0.4, 0.5) is 0 Å². The number of carbonyl (C=O) groups excluding carboxylic acids is 1. The lowest BCUT2D eigenvalue weighted by atomic mass is 10.2. The molecule has 1 aromatic carbocycles. The Labute approximate surface area is 133 Å². The van der Waals surface area contributed by atoms with Crippen molar-refractivity contribution in [2.24, 2.45) is 0 Å². The average Bonchev–Trinajstić information content (AvgIpc) is 2.77. The number of nitrogens with zero attached hydrogens (tertiary/aromatic N) is 2. The first kappa shape index (κ1) is 14.5. The van der Waals surface area contributed by atoms with E-state index in [4.69, 9.17) is 4.52 Å². The van der Waals surface area contributed by atoms with Crippen molar-refractivity contribution in [1.29, 1.82) is 0 Å². The maximum absolute atomic E-state index is 12.4. The standard InChI is InChI=1S/C13H12BrIN2O2/c1-8-5-10(16-19-8)7-17(2)13(18)11-6-9(15)3-4-12(11)14/h3-6H,7H2,1-2H3. The van der Waals surface area contributed by atoms with E-state index in [9.17, 15) is 4.79 Å². The fourth-order valence-corrected chi connectivity index (χ4v) is 2.58. The number of aromatic nitrogens is 1. The molecule has 0 radical (unpaired) electrons. The van der Waals surface area contributed by atoms with Gasteiger partial charge in [-0.3, -0.25) is 4.79 Å². The van der Waals surface area contributed by atoms with Crippen LogP contribution in [0.15, 0.2) is 33.3 Å². The van der Waals surface area contributed by atoms with Gasteiger partial charge in [-0.25, -0.2) is 0 Å². The molecule has 1 aromatic heterocycles. The van der Waals surface area contributed by atoms with Crippen LogP contribution in [0.5, 0.6) is 0 Å². The lowest BCUT2D eigenvalue weighted by Gasteiger charge is -2.16. The SMILES string of the molecule is Cc1cc(CN(C)C(=O)c2cc(I)ccc2Br)no1. The monoisotopic (exact) mass is 434 g/mol. The minimum Gasteiger partial charge on any atom is -0.361 e. The Morgan fingerprint density at radius 1 is 1.47 bits per heavy atom. The van der Waals surface area contributed by atoms with E-state index in [2.05, 4.69) is 43.7 Å². The minimum atomic E-state index is -0.0500. The molecular formula is C13H12BrIN2O2. The van der Waals surface area contributed by atoms with Crippen molar-refractivity contribution in [2.75, 3.05) is 7.05 Å². The van der Waals surface area contributed by atoms with Crippen molar-refractivity contribution in [3.63, 3.8) is 0 Å². The van der Waals surface area contributed by atoms with Gasteiger partial charge in [0, 0.05) is 21.2 Å². The molecule has 0 aliphatic heterocycles. The van der Waals surface area contributed by atoms with Crippen LogP contribution in [0.1, 0.15) is 21.8 Å². The van der Waals surface area contributed by atoms with E-state index >= 15 is 0 Å². The number of halogens is 2. The summed E-state index contributed by atoms with van der Waals surface area (Å²) in [7, 11) is 1.75. The molecule has 100 valence electrons. The molecule has 0 unspecified atom stereocenters. The number of amides is 1. The molecule has 0 N–H and O–H groups in total. The third kappa shape index (κ3) is 3.56. The second-order valence-corrected chi connectivity index (χ2v) is 6.31. The molecule has 1 amide bonds. The van der Waals surface area contributed by atoms with E-state index in [1.54, 1.807) is 11.9 Å². The number of benzene rings is 1. The molecule has 2 aromatic rings. The van der Waals surface area contributed by atoms with Crippen LogP contribution in [0.25, 0.3) is 0 Å². The van der Waals surface area contributed by atoms with Crippen LogP contribution in [0.2, 0.25) is 0 Å². The Balaban J connectivity index is 2.16. The van der Waals surface area contributed by atoms with Gasteiger partial charge in [0.05, 0.1) is 12.1 Å². The van der Waals surface area contributed by atoms with Gasteiger partial charge in [-0.15, -0.1) is 0 Å². The maximum Gasteiger partial charge on any atom is 0.255 e. The Morgan fingerprint density at radius 3 is 2.84 bits per heavy atom. The summed E-state index contributed by atoms with van der Waals surface area (Å²) in [6.07, 6.45) is 0. The minimum absolute atomic E-state index is 0.0500. The fourth-order valence-electron chi connectivity index (χ4n) is 1.67. The van der Waals surface area contributed by atoms with Gasteiger partial charge in [0.1, 0.15) is 11.5 Å². The lowest BCUT2D eigenvalue weighted by molar-refractivity contribution is 0.0781. The Kier molecular flexibility index (Phi) is 4.62. The molecule has 19 heavy (non-hydrogen) atoms. The van der Waals surface area contributed by atoms with Crippen molar-refractivity contribution in [3.05, 3.63) is 49.3 Å². The van der Waals surface area contributed by atoms with Gasteiger partial charge in [-0.1, -0.05) is 5.16 Å². The quantitative estimate of drug-likeness (QED) is 0.693. The highest BCUT2D eigenvalue weighted by atomic mass is 127. The first-order chi connectivity index (χ1) is 8.97. The maximum atomic E-state index is 12.4. The molecule has 6 heteroatoms. The van der Waals surface area contributed by atoms with Gasteiger partial charge in [0.25, 0.3) is 5.91 Å². The topological polar surface area (TPSA) is 46.3 Å². The molecule has 0 aliphatic rings. The molecule has 0 saturated heterocycles. The summed E-state index contributed by atoms with van der Waals surface area (Å²) in [6, 6.07) is 7.51. The summed E-state index contributed by atoms with van der Waals surface area (Å²) in [5.41, 5.74) is 1.39. The highest BCUT2D eigenvalue weighted by Crippen LogP contribution is 2.21. The van der Waals surface area contributed by atoms with Gasteiger partial charge in [0.15, 0.2) is 0 Å². The summed E-state index contributed by atoms with van der Waals surface area (Å²) in [5, 5.41) is 3.89. The van der Waals surface area contributed by atoms with Crippen molar-refractivity contribution < 1.29 is 9.32 Å². The van der Waals surface area contributed by atoms with Crippen LogP contribution in [0, 0.1) is 10.5 Å². The van der Waals surface area contributed by atoms with Crippen LogP contribution in [-0.4, -0.2) is 23.0 Å². The van der Waals surface area contributed by atoms with Crippen molar-refractivity contribution in [1.82, 2.24) is 10.1 Å². The smallest absolute Gasteiger partial charge is 0.255 e. The molecule has 0 bridgehead atoms. The molecule has 4 nitrogen and oxygen atoms in total. The summed E-state index contributed by atoms with van der Waals surface area (Å²) < 4.78 is 6.81. The molecule has 0 saturated carbocycles.